The van der Waals surface area contributed by atoms with Gasteiger partial charge in [0.25, 0.3) is 0 Å². The van der Waals surface area contributed by atoms with Gasteiger partial charge in [0, 0.05) is 11.6 Å². The van der Waals surface area contributed by atoms with Crippen molar-refractivity contribution in [3.8, 4) is 5.75 Å². The highest BCUT2D eigenvalue weighted by Crippen LogP contribution is 2.32. The van der Waals surface area contributed by atoms with E-state index in [1.165, 1.54) is 6.92 Å². The first kappa shape index (κ1) is 13.0. The molecule has 19 heavy (non-hydrogen) atoms. The highest BCUT2D eigenvalue weighted by Gasteiger charge is 2.20. The summed E-state index contributed by atoms with van der Waals surface area (Å²) in [6, 6.07) is 11.4. The summed E-state index contributed by atoms with van der Waals surface area (Å²) in [7, 11) is 0. The predicted molar refractivity (Wildman–Crippen MR) is 68.6 cm³/mol. The molecule has 98 valence electrons. The summed E-state index contributed by atoms with van der Waals surface area (Å²) in [5.41, 5.74) is 0.907. The second-order valence-electron chi connectivity index (χ2n) is 4.10. The molecule has 2 aromatic carbocycles. The summed E-state index contributed by atoms with van der Waals surface area (Å²) in [6.45, 7) is 1.64. The molecule has 0 fully saturated rings. The molecule has 0 saturated carbocycles. The van der Waals surface area contributed by atoms with Crippen molar-refractivity contribution in [2.75, 3.05) is 0 Å². The van der Waals surface area contributed by atoms with Gasteiger partial charge >= 0.3 is 5.69 Å². The summed E-state index contributed by atoms with van der Waals surface area (Å²) in [4.78, 5) is 10.4. The third kappa shape index (κ3) is 3.07. The van der Waals surface area contributed by atoms with Gasteiger partial charge in [0.2, 0.25) is 5.75 Å². The highest BCUT2D eigenvalue weighted by atomic mass is 19.1. The van der Waals surface area contributed by atoms with Crippen LogP contribution in [-0.2, 0) is 6.61 Å². The molecule has 0 heterocycles. The minimum Gasteiger partial charge on any atom is -0.482 e. The lowest BCUT2D eigenvalue weighted by Gasteiger charge is -2.08. The van der Waals surface area contributed by atoms with Gasteiger partial charge in [0.15, 0.2) is 0 Å². The third-order valence-corrected chi connectivity index (χ3v) is 2.65. The molecule has 0 aliphatic rings. The molecular weight excluding hydrogens is 249 g/mol. The Hall–Kier alpha value is -2.43. The molecule has 0 spiro atoms. The van der Waals surface area contributed by atoms with E-state index < -0.39 is 10.7 Å². The lowest BCUT2D eigenvalue weighted by molar-refractivity contribution is -0.386. The van der Waals surface area contributed by atoms with Gasteiger partial charge in [-0.3, -0.25) is 10.1 Å². The minimum atomic E-state index is -0.560. The Kier molecular flexibility index (Phi) is 3.75. The van der Waals surface area contributed by atoms with Gasteiger partial charge in [-0.1, -0.05) is 30.3 Å². The maximum atomic E-state index is 13.3. The minimum absolute atomic E-state index is 0.0497. The van der Waals surface area contributed by atoms with E-state index in [1.54, 1.807) is 0 Å². The van der Waals surface area contributed by atoms with E-state index in [0.717, 1.165) is 17.7 Å². The zero-order valence-electron chi connectivity index (χ0n) is 10.3. The first-order valence-corrected chi connectivity index (χ1v) is 5.69. The van der Waals surface area contributed by atoms with Gasteiger partial charge in [0.1, 0.15) is 12.4 Å². The number of nitro groups is 1. The lowest BCUT2D eigenvalue weighted by Crippen LogP contribution is -2.01. The molecule has 2 rings (SSSR count). The van der Waals surface area contributed by atoms with E-state index in [1.807, 2.05) is 30.3 Å². The largest absolute Gasteiger partial charge is 0.482 e. The molecule has 0 aromatic heterocycles. The van der Waals surface area contributed by atoms with Gasteiger partial charge in [-0.05, 0) is 18.6 Å². The summed E-state index contributed by atoms with van der Waals surface area (Å²) in [5.74, 6) is -0.600. The monoisotopic (exact) mass is 261 g/mol. The fourth-order valence-corrected chi connectivity index (χ4v) is 1.78. The van der Waals surface area contributed by atoms with Crippen LogP contribution in [0.2, 0.25) is 0 Å². The number of nitro benzene ring substituents is 1. The number of rotatable bonds is 4. The Morgan fingerprint density at radius 1 is 1.26 bits per heavy atom. The average molecular weight is 261 g/mol. The standard InChI is InChI=1S/C14H12FNO3/c1-10-7-12(15)8-13(14(10)16(17)18)19-9-11-5-3-2-4-6-11/h2-8H,9H2,1H3. The second-order valence-corrected chi connectivity index (χ2v) is 4.10. The fourth-order valence-electron chi connectivity index (χ4n) is 1.78. The van der Waals surface area contributed by atoms with Crippen LogP contribution in [0.4, 0.5) is 10.1 Å². The van der Waals surface area contributed by atoms with E-state index >= 15 is 0 Å². The van der Waals surface area contributed by atoms with Crippen LogP contribution in [0.25, 0.3) is 0 Å². The zero-order chi connectivity index (χ0) is 13.8. The normalized spacial score (nSPS) is 10.2. The topological polar surface area (TPSA) is 52.4 Å². The van der Waals surface area contributed by atoms with Crippen LogP contribution >= 0.6 is 0 Å². The molecule has 4 nitrogen and oxygen atoms in total. The molecule has 0 radical (unpaired) electrons. The van der Waals surface area contributed by atoms with Crippen molar-refractivity contribution < 1.29 is 14.1 Å². The fraction of sp³-hybridized carbons (Fsp3) is 0.143. The number of aryl methyl sites for hydroxylation is 1. The predicted octanol–water partition coefficient (Wildman–Crippen LogP) is 3.62. The molecule has 0 unspecified atom stereocenters. The Morgan fingerprint density at radius 2 is 1.95 bits per heavy atom. The van der Waals surface area contributed by atoms with Crippen LogP contribution in [0.5, 0.6) is 5.75 Å². The van der Waals surface area contributed by atoms with Gasteiger partial charge in [-0.2, -0.15) is 0 Å². The van der Waals surface area contributed by atoms with E-state index in [4.69, 9.17) is 4.74 Å². The van der Waals surface area contributed by atoms with Crippen molar-refractivity contribution in [1.82, 2.24) is 0 Å². The molecule has 5 heteroatoms. The molecule has 0 N–H and O–H groups in total. The Bertz CT molecular complexity index is 599. The van der Waals surface area contributed by atoms with E-state index in [0.29, 0.717) is 0 Å². The number of hydrogen-bond acceptors (Lipinski definition) is 3. The van der Waals surface area contributed by atoms with Crippen LogP contribution in [0.15, 0.2) is 42.5 Å². The maximum absolute atomic E-state index is 13.3. The number of ether oxygens (including phenoxy) is 1. The molecule has 2 aromatic rings. The summed E-state index contributed by atoms with van der Waals surface area (Å²) in [5, 5.41) is 11.0. The molecule has 0 bridgehead atoms. The van der Waals surface area contributed by atoms with Crippen molar-refractivity contribution in [2.45, 2.75) is 13.5 Å². The van der Waals surface area contributed by atoms with Crippen molar-refractivity contribution in [3.05, 3.63) is 69.5 Å². The maximum Gasteiger partial charge on any atom is 0.314 e. The van der Waals surface area contributed by atoms with E-state index in [-0.39, 0.29) is 23.6 Å². The smallest absolute Gasteiger partial charge is 0.314 e. The van der Waals surface area contributed by atoms with Crippen molar-refractivity contribution in [3.63, 3.8) is 0 Å². The van der Waals surface area contributed by atoms with Crippen LogP contribution in [0.1, 0.15) is 11.1 Å². The van der Waals surface area contributed by atoms with Gasteiger partial charge in [-0.25, -0.2) is 4.39 Å². The van der Waals surface area contributed by atoms with E-state index in [9.17, 15) is 14.5 Å². The number of hydrogen-bond donors (Lipinski definition) is 0. The molecule has 0 aliphatic heterocycles. The van der Waals surface area contributed by atoms with Crippen LogP contribution < -0.4 is 4.74 Å². The quantitative estimate of drug-likeness (QED) is 0.624. The molecule has 0 saturated heterocycles. The number of halogens is 1. The summed E-state index contributed by atoms with van der Waals surface area (Å²) >= 11 is 0. The van der Waals surface area contributed by atoms with Crippen molar-refractivity contribution in [2.24, 2.45) is 0 Å². The Labute approximate surface area is 109 Å². The Morgan fingerprint density at radius 3 is 2.58 bits per heavy atom. The molecule has 0 amide bonds. The van der Waals surface area contributed by atoms with Gasteiger partial charge in [0.05, 0.1) is 4.92 Å². The van der Waals surface area contributed by atoms with Gasteiger partial charge in [-0.15, -0.1) is 0 Å². The van der Waals surface area contributed by atoms with Crippen molar-refractivity contribution >= 4 is 5.69 Å². The lowest BCUT2D eigenvalue weighted by atomic mass is 10.2. The first-order valence-electron chi connectivity index (χ1n) is 5.69. The van der Waals surface area contributed by atoms with Crippen LogP contribution in [0, 0.1) is 22.9 Å². The number of benzene rings is 2. The summed E-state index contributed by atoms with van der Waals surface area (Å²) < 4.78 is 18.7. The van der Waals surface area contributed by atoms with Crippen LogP contribution in [-0.4, -0.2) is 4.92 Å². The number of nitrogens with zero attached hydrogens (tertiary/aromatic N) is 1. The summed E-state index contributed by atoms with van der Waals surface area (Å²) in [6.07, 6.45) is 0. The molecule has 0 aliphatic carbocycles. The van der Waals surface area contributed by atoms with Crippen LogP contribution in [0.3, 0.4) is 0 Å². The SMILES string of the molecule is Cc1cc(F)cc(OCc2ccccc2)c1[N+](=O)[O-]. The van der Waals surface area contributed by atoms with E-state index in [2.05, 4.69) is 0 Å². The highest BCUT2D eigenvalue weighted by molar-refractivity contribution is 5.52. The molecular formula is C14H12FNO3. The zero-order valence-corrected chi connectivity index (χ0v) is 10.3. The van der Waals surface area contributed by atoms with Crippen molar-refractivity contribution in [1.29, 1.82) is 0 Å². The van der Waals surface area contributed by atoms with Gasteiger partial charge < -0.3 is 4.74 Å². The average Bonchev–Trinajstić information content (AvgIpc) is 2.36. The first-order chi connectivity index (χ1) is 9.08. The molecule has 0 atom stereocenters. The Balaban J connectivity index is 2.27. The third-order valence-electron chi connectivity index (χ3n) is 2.65. The second kappa shape index (κ2) is 5.48.